The Balaban J connectivity index is 3.16. The van der Waals surface area contributed by atoms with Crippen LogP contribution >= 0.6 is 15.9 Å². The van der Waals surface area contributed by atoms with Gasteiger partial charge in [-0.1, -0.05) is 6.07 Å². The number of hydrogen-bond donors (Lipinski definition) is 2. The fourth-order valence-corrected chi connectivity index (χ4v) is 1.27. The molecule has 0 bridgehead atoms. The van der Waals surface area contributed by atoms with Crippen LogP contribution in [0.15, 0.2) is 22.7 Å². The summed E-state index contributed by atoms with van der Waals surface area (Å²) in [6, 6.07) is 4.75. The molecule has 1 rings (SSSR count). The first-order valence-corrected chi connectivity index (χ1v) is 4.15. The number of benzene rings is 1. The van der Waals surface area contributed by atoms with E-state index in [-0.39, 0.29) is 11.7 Å². The van der Waals surface area contributed by atoms with Gasteiger partial charge in [0.1, 0.15) is 5.75 Å². The van der Waals surface area contributed by atoms with Gasteiger partial charge in [0, 0.05) is 7.05 Å². The first kappa shape index (κ1) is 9.06. The Kier molecular flexibility index (Phi) is 2.70. The van der Waals surface area contributed by atoms with Crippen molar-refractivity contribution in [3.05, 3.63) is 28.2 Å². The van der Waals surface area contributed by atoms with Gasteiger partial charge < -0.3 is 10.4 Å². The molecular weight excluding hydrogens is 222 g/mol. The minimum atomic E-state index is -0.224. The van der Waals surface area contributed by atoms with Gasteiger partial charge in [-0.15, -0.1) is 0 Å². The van der Waals surface area contributed by atoms with Gasteiger partial charge in [-0.05, 0) is 28.1 Å². The van der Waals surface area contributed by atoms with Crippen molar-refractivity contribution in [1.29, 1.82) is 0 Å². The zero-order valence-electron chi connectivity index (χ0n) is 6.47. The van der Waals surface area contributed by atoms with Crippen LogP contribution in [0, 0.1) is 0 Å². The van der Waals surface area contributed by atoms with Crippen molar-refractivity contribution in [3.8, 4) is 5.75 Å². The van der Waals surface area contributed by atoms with Crippen LogP contribution in [0.3, 0.4) is 0 Å². The van der Waals surface area contributed by atoms with Gasteiger partial charge in [0.2, 0.25) is 0 Å². The second-order valence-corrected chi connectivity index (χ2v) is 3.01. The molecule has 2 N–H and O–H groups in total. The molecule has 0 aliphatic rings. The molecule has 1 aromatic rings. The van der Waals surface area contributed by atoms with E-state index in [1.54, 1.807) is 19.2 Å². The number of nitrogens with one attached hydrogen (secondary N) is 1. The number of halogens is 1. The van der Waals surface area contributed by atoms with Crippen LogP contribution in [0.5, 0.6) is 5.75 Å². The zero-order chi connectivity index (χ0) is 9.14. The van der Waals surface area contributed by atoms with Crippen molar-refractivity contribution in [1.82, 2.24) is 5.32 Å². The molecule has 0 aliphatic carbocycles. The normalized spacial score (nSPS) is 9.50. The molecule has 0 saturated carbocycles. The maximum atomic E-state index is 11.1. The standard InChI is InChI=1S/C8H8BrNO2/c1-10-8(12)5-3-2-4-6(11)7(5)9/h2-4,11H,1H3,(H,10,12). The lowest BCUT2D eigenvalue weighted by molar-refractivity contribution is 0.0962. The predicted octanol–water partition coefficient (Wildman–Crippen LogP) is 1.51. The maximum absolute atomic E-state index is 11.1. The first-order chi connectivity index (χ1) is 5.66. The molecule has 0 aromatic heterocycles. The molecule has 0 unspecified atom stereocenters. The summed E-state index contributed by atoms with van der Waals surface area (Å²) in [6.45, 7) is 0. The maximum Gasteiger partial charge on any atom is 0.252 e. The largest absolute Gasteiger partial charge is 0.507 e. The van der Waals surface area contributed by atoms with Gasteiger partial charge in [0.25, 0.3) is 5.91 Å². The average Bonchev–Trinajstić information content (AvgIpc) is 2.08. The quantitative estimate of drug-likeness (QED) is 0.768. The number of amides is 1. The van der Waals surface area contributed by atoms with Crippen molar-refractivity contribution in [3.63, 3.8) is 0 Å². The molecule has 0 heterocycles. The Hall–Kier alpha value is -1.03. The lowest BCUT2D eigenvalue weighted by Gasteiger charge is -2.03. The third-order valence-electron chi connectivity index (χ3n) is 1.45. The third kappa shape index (κ3) is 1.58. The number of carbonyl (C=O) groups is 1. The van der Waals surface area contributed by atoms with Crippen molar-refractivity contribution in [2.75, 3.05) is 7.05 Å². The summed E-state index contributed by atoms with van der Waals surface area (Å²) in [6.07, 6.45) is 0. The van der Waals surface area contributed by atoms with Gasteiger partial charge in [-0.25, -0.2) is 0 Å². The Morgan fingerprint density at radius 2 is 2.25 bits per heavy atom. The van der Waals surface area contributed by atoms with Gasteiger partial charge in [-0.3, -0.25) is 4.79 Å². The molecule has 0 aliphatic heterocycles. The second kappa shape index (κ2) is 3.58. The van der Waals surface area contributed by atoms with E-state index in [9.17, 15) is 9.90 Å². The highest BCUT2D eigenvalue weighted by molar-refractivity contribution is 9.10. The number of hydrogen-bond acceptors (Lipinski definition) is 2. The highest BCUT2D eigenvalue weighted by Crippen LogP contribution is 2.26. The van der Waals surface area contributed by atoms with E-state index in [4.69, 9.17) is 0 Å². The third-order valence-corrected chi connectivity index (χ3v) is 2.28. The minimum Gasteiger partial charge on any atom is -0.507 e. The van der Waals surface area contributed by atoms with E-state index in [2.05, 4.69) is 21.2 Å². The summed E-state index contributed by atoms with van der Waals surface area (Å²) < 4.78 is 0.421. The summed E-state index contributed by atoms with van der Waals surface area (Å²) in [4.78, 5) is 11.1. The highest BCUT2D eigenvalue weighted by Gasteiger charge is 2.09. The fourth-order valence-electron chi connectivity index (χ4n) is 0.830. The molecule has 0 spiro atoms. The summed E-state index contributed by atoms with van der Waals surface area (Å²) in [7, 11) is 1.54. The SMILES string of the molecule is CNC(=O)c1cccc(O)c1Br. The van der Waals surface area contributed by atoms with Crippen LogP contribution in [0.1, 0.15) is 10.4 Å². The Bertz CT molecular complexity index is 312. The summed E-state index contributed by atoms with van der Waals surface area (Å²) in [5.74, 6) is -0.158. The lowest BCUT2D eigenvalue weighted by Crippen LogP contribution is -2.18. The second-order valence-electron chi connectivity index (χ2n) is 2.22. The molecule has 64 valence electrons. The van der Waals surface area contributed by atoms with E-state index < -0.39 is 0 Å². The highest BCUT2D eigenvalue weighted by atomic mass is 79.9. The molecule has 4 heteroatoms. The Morgan fingerprint density at radius 3 is 2.83 bits per heavy atom. The molecule has 1 amide bonds. The van der Waals surface area contributed by atoms with Gasteiger partial charge >= 0.3 is 0 Å². The van der Waals surface area contributed by atoms with E-state index >= 15 is 0 Å². The monoisotopic (exact) mass is 229 g/mol. The summed E-state index contributed by atoms with van der Waals surface area (Å²) in [5.41, 5.74) is 0.428. The average molecular weight is 230 g/mol. The van der Waals surface area contributed by atoms with Crippen molar-refractivity contribution in [2.24, 2.45) is 0 Å². The van der Waals surface area contributed by atoms with E-state index in [1.807, 2.05) is 0 Å². The van der Waals surface area contributed by atoms with E-state index in [1.165, 1.54) is 6.07 Å². The predicted molar refractivity (Wildman–Crippen MR) is 49.2 cm³/mol. The van der Waals surface area contributed by atoms with Crippen molar-refractivity contribution >= 4 is 21.8 Å². The van der Waals surface area contributed by atoms with Gasteiger partial charge in [-0.2, -0.15) is 0 Å². The zero-order valence-corrected chi connectivity index (χ0v) is 8.05. The van der Waals surface area contributed by atoms with Gasteiger partial charge in [0.05, 0.1) is 10.0 Å². The molecular formula is C8H8BrNO2. The lowest BCUT2D eigenvalue weighted by atomic mass is 10.2. The van der Waals surface area contributed by atoms with E-state index in [0.29, 0.717) is 10.0 Å². The number of phenols is 1. The molecule has 0 radical (unpaired) electrons. The molecule has 0 atom stereocenters. The van der Waals surface area contributed by atoms with Crippen LogP contribution in [0.25, 0.3) is 0 Å². The summed E-state index contributed by atoms with van der Waals surface area (Å²) in [5, 5.41) is 11.7. The molecule has 12 heavy (non-hydrogen) atoms. The summed E-state index contributed by atoms with van der Waals surface area (Å²) >= 11 is 3.11. The van der Waals surface area contributed by atoms with Crippen LogP contribution in [0.4, 0.5) is 0 Å². The van der Waals surface area contributed by atoms with Crippen LogP contribution in [-0.4, -0.2) is 18.1 Å². The molecule has 3 nitrogen and oxygen atoms in total. The molecule has 1 aromatic carbocycles. The first-order valence-electron chi connectivity index (χ1n) is 3.36. The smallest absolute Gasteiger partial charge is 0.252 e. The van der Waals surface area contributed by atoms with Crippen LogP contribution in [-0.2, 0) is 0 Å². The van der Waals surface area contributed by atoms with Crippen LogP contribution in [0.2, 0.25) is 0 Å². The van der Waals surface area contributed by atoms with Crippen molar-refractivity contribution in [2.45, 2.75) is 0 Å². The number of rotatable bonds is 1. The Labute approximate surface area is 78.5 Å². The van der Waals surface area contributed by atoms with E-state index in [0.717, 1.165) is 0 Å². The topological polar surface area (TPSA) is 49.3 Å². The van der Waals surface area contributed by atoms with Gasteiger partial charge in [0.15, 0.2) is 0 Å². The van der Waals surface area contributed by atoms with Crippen LogP contribution < -0.4 is 5.32 Å². The molecule has 0 saturated heterocycles. The number of carbonyl (C=O) groups excluding carboxylic acids is 1. The number of phenolic OH excluding ortho intramolecular Hbond substituents is 1. The fraction of sp³-hybridized carbons (Fsp3) is 0.125. The molecule has 0 fully saturated rings. The Morgan fingerprint density at radius 1 is 1.58 bits per heavy atom. The van der Waals surface area contributed by atoms with Crippen molar-refractivity contribution < 1.29 is 9.90 Å². The minimum absolute atomic E-state index is 0.0658. The number of aromatic hydroxyl groups is 1.